The first kappa shape index (κ1) is 24.6. The van der Waals surface area contributed by atoms with Crippen LogP contribution in [0.25, 0.3) is 10.2 Å². The first-order valence-electron chi connectivity index (χ1n) is 10.9. The molecule has 2 heterocycles. The van der Waals surface area contributed by atoms with Crippen LogP contribution in [-0.4, -0.2) is 44.3 Å². The van der Waals surface area contributed by atoms with Crippen molar-refractivity contribution in [2.45, 2.75) is 18.7 Å². The van der Waals surface area contributed by atoms with E-state index in [1.165, 1.54) is 16.2 Å². The Balaban J connectivity index is 1.62. The summed E-state index contributed by atoms with van der Waals surface area (Å²) in [4.78, 5) is 23.7. The maximum absolute atomic E-state index is 13.4. The lowest BCUT2D eigenvalue weighted by atomic mass is 10.2. The largest absolute Gasteiger partial charge is 0.495 e. The van der Waals surface area contributed by atoms with Crippen molar-refractivity contribution >= 4 is 42.4 Å². The van der Waals surface area contributed by atoms with Crippen LogP contribution >= 0.6 is 11.3 Å². The molecular formula is C25H25N3O5S2. The summed E-state index contributed by atoms with van der Waals surface area (Å²) < 4.78 is 37.1. The third-order valence-electron chi connectivity index (χ3n) is 5.35. The lowest BCUT2D eigenvalue weighted by molar-refractivity contribution is -0.118. The Kier molecular flexibility index (Phi) is 7.62. The Bertz CT molecular complexity index is 1370. The zero-order valence-corrected chi connectivity index (χ0v) is 21.0. The second-order valence-corrected chi connectivity index (χ2v) is 11.0. The number of pyridine rings is 1. The van der Waals surface area contributed by atoms with Crippen molar-refractivity contribution in [3.8, 4) is 11.5 Å². The van der Waals surface area contributed by atoms with E-state index in [9.17, 15) is 13.2 Å². The first-order chi connectivity index (χ1) is 16.9. The normalized spacial score (nSPS) is 11.4. The minimum Gasteiger partial charge on any atom is -0.495 e. The lowest BCUT2D eigenvalue weighted by Gasteiger charge is -2.20. The summed E-state index contributed by atoms with van der Waals surface area (Å²) in [6.45, 7) is 0.204. The first-order valence-corrected chi connectivity index (χ1v) is 13.5. The zero-order valence-electron chi connectivity index (χ0n) is 19.4. The molecule has 4 rings (SSSR count). The number of benzene rings is 2. The van der Waals surface area contributed by atoms with E-state index < -0.39 is 9.84 Å². The van der Waals surface area contributed by atoms with Crippen molar-refractivity contribution in [3.05, 3.63) is 78.1 Å². The molecule has 1 amide bonds. The van der Waals surface area contributed by atoms with E-state index in [1.54, 1.807) is 69.1 Å². The predicted octanol–water partition coefficient (Wildman–Crippen LogP) is 4.25. The number of nitrogens with zero attached hydrogens (tertiary/aromatic N) is 3. The summed E-state index contributed by atoms with van der Waals surface area (Å²) in [7, 11) is -0.363. The van der Waals surface area contributed by atoms with Gasteiger partial charge in [0.15, 0.2) is 15.0 Å². The molecule has 0 saturated carbocycles. The molecular weight excluding hydrogens is 486 g/mol. The van der Waals surface area contributed by atoms with Gasteiger partial charge in [-0.15, -0.1) is 0 Å². The average Bonchev–Trinajstić information content (AvgIpc) is 3.31. The lowest BCUT2D eigenvalue weighted by Crippen LogP contribution is -2.32. The number of thiazole rings is 1. The fraction of sp³-hybridized carbons (Fsp3) is 0.240. The van der Waals surface area contributed by atoms with E-state index in [1.807, 2.05) is 12.1 Å². The number of carbonyl (C=O) groups is 1. The van der Waals surface area contributed by atoms with Gasteiger partial charge >= 0.3 is 0 Å². The van der Waals surface area contributed by atoms with Crippen molar-refractivity contribution in [1.82, 2.24) is 9.97 Å². The minimum atomic E-state index is -3.48. The van der Waals surface area contributed by atoms with Gasteiger partial charge in [0, 0.05) is 18.8 Å². The third kappa shape index (κ3) is 5.95. The fourth-order valence-corrected chi connectivity index (χ4v) is 6.03. The van der Waals surface area contributed by atoms with Gasteiger partial charge in [-0.05, 0) is 29.3 Å². The number of sulfone groups is 1. The summed E-state index contributed by atoms with van der Waals surface area (Å²) in [5.74, 6) is 0.454. The summed E-state index contributed by atoms with van der Waals surface area (Å²) in [6.07, 6.45) is 3.15. The molecule has 0 unspecified atom stereocenters. The molecule has 8 nitrogen and oxygen atoms in total. The number of rotatable bonds is 10. The molecule has 35 heavy (non-hydrogen) atoms. The molecule has 2 aromatic carbocycles. The summed E-state index contributed by atoms with van der Waals surface area (Å²) in [5, 5.41) is 0.428. The number of carbonyl (C=O) groups excluding carboxylic acids is 1. The Morgan fingerprint density at radius 1 is 0.971 bits per heavy atom. The third-order valence-corrected chi connectivity index (χ3v) is 8.04. The van der Waals surface area contributed by atoms with E-state index in [0.29, 0.717) is 27.7 Å². The molecule has 182 valence electrons. The van der Waals surface area contributed by atoms with E-state index in [0.717, 1.165) is 10.3 Å². The molecule has 0 bridgehead atoms. The van der Waals surface area contributed by atoms with E-state index in [4.69, 9.17) is 9.47 Å². The Labute approximate surface area is 208 Å². The smallest absolute Gasteiger partial charge is 0.230 e. The molecule has 0 saturated heterocycles. The van der Waals surface area contributed by atoms with Gasteiger partial charge in [0.2, 0.25) is 5.91 Å². The summed E-state index contributed by atoms with van der Waals surface area (Å²) in [6, 6.07) is 16.1. The maximum atomic E-state index is 13.4. The number of hydrogen-bond donors (Lipinski definition) is 0. The van der Waals surface area contributed by atoms with Gasteiger partial charge in [-0.25, -0.2) is 13.4 Å². The van der Waals surface area contributed by atoms with Crippen molar-refractivity contribution in [2.75, 3.05) is 24.9 Å². The summed E-state index contributed by atoms with van der Waals surface area (Å²) >= 11 is 1.29. The van der Waals surface area contributed by atoms with E-state index in [2.05, 4.69) is 9.97 Å². The molecule has 0 aliphatic rings. The molecule has 0 aliphatic carbocycles. The fourth-order valence-electron chi connectivity index (χ4n) is 3.60. The molecule has 0 aliphatic heterocycles. The van der Waals surface area contributed by atoms with Gasteiger partial charge in [0.05, 0.1) is 32.3 Å². The highest BCUT2D eigenvalue weighted by atomic mass is 32.2. The zero-order chi connectivity index (χ0) is 24.8. The van der Waals surface area contributed by atoms with E-state index >= 15 is 0 Å². The number of aromatic nitrogens is 2. The highest BCUT2D eigenvalue weighted by molar-refractivity contribution is 7.90. The molecule has 10 heteroatoms. The van der Waals surface area contributed by atoms with Crippen LogP contribution in [0.5, 0.6) is 11.5 Å². The van der Waals surface area contributed by atoms with Crippen molar-refractivity contribution in [3.63, 3.8) is 0 Å². The average molecular weight is 512 g/mol. The molecule has 0 N–H and O–H groups in total. The van der Waals surface area contributed by atoms with Crippen LogP contribution in [0.1, 0.15) is 17.5 Å². The second-order valence-electron chi connectivity index (χ2n) is 7.81. The van der Waals surface area contributed by atoms with Gasteiger partial charge in [-0.2, -0.15) is 0 Å². The van der Waals surface area contributed by atoms with Crippen LogP contribution in [0.4, 0.5) is 5.13 Å². The molecule has 0 atom stereocenters. The molecule has 4 aromatic rings. The van der Waals surface area contributed by atoms with Crippen molar-refractivity contribution in [2.24, 2.45) is 0 Å². The molecule has 2 aromatic heterocycles. The highest BCUT2D eigenvalue weighted by Gasteiger charge is 2.25. The number of methoxy groups -OCH3 is 2. The number of ether oxygens (including phenoxy) is 2. The molecule has 0 fully saturated rings. The Morgan fingerprint density at radius 3 is 2.37 bits per heavy atom. The van der Waals surface area contributed by atoms with Crippen LogP contribution in [0, 0.1) is 0 Å². The quantitative estimate of drug-likeness (QED) is 0.314. The number of amides is 1. The minimum absolute atomic E-state index is 0.112. The summed E-state index contributed by atoms with van der Waals surface area (Å²) in [5.41, 5.74) is 2.07. The van der Waals surface area contributed by atoms with Crippen LogP contribution in [0.3, 0.4) is 0 Å². The Morgan fingerprint density at radius 2 is 1.69 bits per heavy atom. The van der Waals surface area contributed by atoms with Crippen LogP contribution in [0.15, 0.2) is 67.0 Å². The molecule has 0 spiro atoms. The van der Waals surface area contributed by atoms with E-state index in [-0.39, 0.29) is 30.4 Å². The standard InChI is InChI=1S/C25H25N3O5S2/c1-32-20-10-11-21(33-2)24-23(20)27-25(34-24)28(16-19-9-6-13-26-15-19)22(29)12-14-35(30,31)17-18-7-4-3-5-8-18/h3-11,13,15H,12,14,16-17H2,1-2H3. The Hall–Kier alpha value is -3.50. The predicted molar refractivity (Wildman–Crippen MR) is 137 cm³/mol. The highest BCUT2D eigenvalue weighted by Crippen LogP contribution is 2.40. The van der Waals surface area contributed by atoms with Crippen LogP contribution in [0.2, 0.25) is 0 Å². The number of fused-ring (bicyclic) bond motifs is 1. The molecule has 0 radical (unpaired) electrons. The number of hydrogen-bond acceptors (Lipinski definition) is 8. The van der Waals surface area contributed by atoms with Crippen LogP contribution < -0.4 is 14.4 Å². The van der Waals surface area contributed by atoms with Gasteiger partial charge in [-0.3, -0.25) is 14.7 Å². The topological polar surface area (TPSA) is 98.7 Å². The van der Waals surface area contributed by atoms with Gasteiger partial charge < -0.3 is 9.47 Å². The van der Waals surface area contributed by atoms with Gasteiger partial charge in [0.25, 0.3) is 0 Å². The van der Waals surface area contributed by atoms with Gasteiger partial charge in [-0.1, -0.05) is 47.7 Å². The second kappa shape index (κ2) is 10.8. The maximum Gasteiger partial charge on any atom is 0.230 e. The van der Waals surface area contributed by atoms with Gasteiger partial charge in [0.1, 0.15) is 21.7 Å². The SMILES string of the molecule is COc1ccc(OC)c2sc(N(Cc3cccnc3)C(=O)CCS(=O)(=O)Cc3ccccc3)nc12. The van der Waals surface area contributed by atoms with Crippen molar-refractivity contribution < 1.29 is 22.7 Å². The number of anilines is 1. The van der Waals surface area contributed by atoms with Crippen molar-refractivity contribution in [1.29, 1.82) is 0 Å². The monoisotopic (exact) mass is 511 g/mol. The van der Waals surface area contributed by atoms with Crippen LogP contribution in [-0.2, 0) is 26.9 Å².